The fourth-order valence-electron chi connectivity index (χ4n) is 2.68. The molecule has 0 radical (unpaired) electrons. The Morgan fingerprint density at radius 3 is 2.43 bits per heavy atom. The number of nitrogens with one attached hydrogen (secondary N) is 1. The van der Waals surface area contributed by atoms with E-state index in [9.17, 15) is 20.0 Å². The molecule has 2 N–H and O–H groups in total. The number of benzene rings is 3. The second-order valence-electron chi connectivity index (χ2n) is 5.92. The van der Waals surface area contributed by atoms with E-state index in [1.54, 1.807) is 42.5 Å². The number of carbonyl (C=O) groups is 1. The summed E-state index contributed by atoms with van der Waals surface area (Å²) in [5.74, 6) is -0.580. The highest BCUT2D eigenvalue weighted by Gasteiger charge is 2.20. The second kappa shape index (κ2) is 8.39. The highest BCUT2D eigenvalue weighted by Crippen LogP contribution is 2.32. The molecule has 0 heterocycles. The van der Waals surface area contributed by atoms with E-state index in [2.05, 4.69) is 5.32 Å². The highest BCUT2D eigenvalue weighted by atomic mass is 35.5. The van der Waals surface area contributed by atoms with E-state index >= 15 is 0 Å². The summed E-state index contributed by atoms with van der Waals surface area (Å²) in [6.07, 6.45) is -1.02. The van der Waals surface area contributed by atoms with Crippen molar-refractivity contribution >= 4 is 40.5 Å². The zero-order valence-corrected chi connectivity index (χ0v) is 15.8. The molecule has 0 aliphatic carbocycles. The molecule has 0 aliphatic heterocycles. The molecule has 28 heavy (non-hydrogen) atoms. The molecule has 0 saturated carbocycles. The Balaban J connectivity index is 1.94. The highest BCUT2D eigenvalue weighted by molar-refractivity contribution is 6.32. The summed E-state index contributed by atoms with van der Waals surface area (Å²) in [4.78, 5) is 23.0. The number of anilines is 1. The third-order valence-electron chi connectivity index (χ3n) is 4.08. The zero-order valence-electron chi connectivity index (χ0n) is 14.3. The summed E-state index contributed by atoms with van der Waals surface area (Å²) in [5, 5.41) is 24.8. The van der Waals surface area contributed by atoms with E-state index in [4.69, 9.17) is 23.2 Å². The quantitative estimate of drug-likeness (QED) is 0.439. The van der Waals surface area contributed by atoms with Crippen LogP contribution in [0.5, 0.6) is 0 Å². The van der Waals surface area contributed by atoms with Gasteiger partial charge in [0.25, 0.3) is 11.6 Å². The van der Waals surface area contributed by atoms with E-state index < -0.39 is 16.9 Å². The smallest absolute Gasteiger partial charge is 0.288 e. The first-order valence-electron chi connectivity index (χ1n) is 8.14. The number of aliphatic hydroxyl groups is 1. The molecular weight excluding hydrogens is 403 g/mol. The van der Waals surface area contributed by atoms with Gasteiger partial charge in [0, 0.05) is 27.9 Å². The van der Waals surface area contributed by atoms with Gasteiger partial charge >= 0.3 is 0 Å². The van der Waals surface area contributed by atoms with Crippen molar-refractivity contribution in [1.82, 2.24) is 0 Å². The molecule has 1 amide bonds. The van der Waals surface area contributed by atoms with Gasteiger partial charge in [0.05, 0.1) is 4.92 Å². The lowest BCUT2D eigenvalue weighted by Gasteiger charge is -2.17. The number of hydrogen-bond acceptors (Lipinski definition) is 4. The summed E-state index contributed by atoms with van der Waals surface area (Å²) in [7, 11) is 0. The van der Waals surface area contributed by atoms with Crippen LogP contribution in [-0.2, 0) is 0 Å². The van der Waals surface area contributed by atoms with Gasteiger partial charge in [-0.15, -0.1) is 0 Å². The lowest BCUT2D eigenvalue weighted by Crippen LogP contribution is -2.15. The van der Waals surface area contributed by atoms with Crippen LogP contribution in [-0.4, -0.2) is 15.9 Å². The van der Waals surface area contributed by atoms with Crippen molar-refractivity contribution in [2.45, 2.75) is 6.10 Å². The molecule has 0 saturated heterocycles. The first-order chi connectivity index (χ1) is 13.4. The van der Waals surface area contributed by atoms with Crippen molar-refractivity contribution in [3.05, 3.63) is 104 Å². The maximum absolute atomic E-state index is 12.6. The van der Waals surface area contributed by atoms with Crippen LogP contribution < -0.4 is 5.32 Å². The van der Waals surface area contributed by atoms with Crippen molar-refractivity contribution < 1.29 is 14.8 Å². The SMILES string of the molecule is O=C(Nc1ccc(Cl)cc1C(O)c1ccccc1)c1ccc(Cl)c([N+](=O)[O-])c1. The van der Waals surface area contributed by atoms with Crippen molar-refractivity contribution in [1.29, 1.82) is 0 Å². The van der Waals surface area contributed by atoms with Gasteiger partial charge in [-0.05, 0) is 35.9 Å². The molecule has 0 spiro atoms. The lowest BCUT2D eigenvalue weighted by atomic mass is 9.99. The van der Waals surface area contributed by atoms with Crippen molar-refractivity contribution in [2.75, 3.05) is 5.32 Å². The van der Waals surface area contributed by atoms with Crippen LogP contribution in [0.1, 0.15) is 27.6 Å². The number of nitro benzene ring substituents is 1. The van der Waals surface area contributed by atoms with Crippen LogP contribution in [0.25, 0.3) is 0 Å². The van der Waals surface area contributed by atoms with E-state index in [1.807, 2.05) is 6.07 Å². The summed E-state index contributed by atoms with van der Waals surface area (Å²) >= 11 is 11.8. The third-order valence-corrected chi connectivity index (χ3v) is 4.63. The summed E-state index contributed by atoms with van der Waals surface area (Å²) < 4.78 is 0. The lowest BCUT2D eigenvalue weighted by molar-refractivity contribution is -0.384. The molecule has 142 valence electrons. The Morgan fingerprint density at radius 1 is 1.04 bits per heavy atom. The fraction of sp³-hybridized carbons (Fsp3) is 0.0500. The number of nitro groups is 1. The molecule has 0 bridgehead atoms. The normalized spacial score (nSPS) is 11.7. The summed E-state index contributed by atoms with van der Waals surface area (Å²) in [6, 6.07) is 17.4. The van der Waals surface area contributed by atoms with Crippen LogP contribution in [0.3, 0.4) is 0 Å². The van der Waals surface area contributed by atoms with Gasteiger partial charge in [-0.3, -0.25) is 14.9 Å². The van der Waals surface area contributed by atoms with Crippen LogP contribution >= 0.6 is 23.2 Å². The monoisotopic (exact) mass is 416 g/mol. The van der Waals surface area contributed by atoms with Crippen molar-refractivity contribution in [3.8, 4) is 0 Å². The Hall–Kier alpha value is -2.93. The van der Waals surface area contributed by atoms with E-state index in [-0.39, 0.29) is 16.3 Å². The third kappa shape index (κ3) is 4.31. The molecule has 8 heteroatoms. The predicted molar refractivity (Wildman–Crippen MR) is 108 cm³/mol. The number of nitrogens with zero attached hydrogens (tertiary/aromatic N) is 1. The van der Waals surface area contributed by atoms with Gasteiger partial charge in [-0.25, -0.2) is 0 Å². The first kappa shape index (κ1) is 19.8. The molecule has 3 aromatic rings. The van der Waals surface area contributed by atoms with Gasteiger partial charge in [0.15, 0.2) is 0 Å². The molecule has 0 aliphatic rings. The molecule has 1 atom stereocenters. The van der Waals surface area contributed by atoms with Crippen molar-refractivity contribution in [3.63, 3.8) is 0 Å². The molecule has 0 aromatic heterocycles. The van der Waals surface area contributed by atoms with Crippen LogP contribution in [0, 0.1) is 10.1 Å². The molecule has 6 nitrogen and oxygen atoms in total. The van der Waals surface area contributed by atoms with Gasteiger partial charge in [0.1, 0.15) is 11.1 Å². The molecule has 3 rings (SSSR count). The van der Waals surface area contributed by atoms with Crippen molar-refractivity contribution in [2.24, 2.45) is 0 Å². The Labute approximate surface area is 170 Å². The zero-order chi connectivity index (χ0) is 20.3. The number of halogens is 2. The summed E-state index contributed by atoms with van der Waals surface area (Å²) in [5.41, 5.74) is 1.06. The fourth-order valence-corrected chi connectivity index (χ4v) is 3.04. The average molecular weight is 417 g/mol. The van der Waals surface area contributed by atoms with Gasteiger partial charge < -0.3 is 10.4 Å². The second-order valence-corrected chi connectivity index (χ2v) is 6.77. The number of rotatable bonds is 5. The summed E-state index contributed by atoms with van der Waals surface area (Å²) in [6.45, 7) is 0. The maximum atomic E-state index is 12.6. The van der Waals surface area contributed by atoms with E-state index in [0.717, 1.165) is 6.07 Å². The number of aliphatic hydroxyl groups excluding tert-OH is 1. The average Bonchev–Trinajstić information content (AvgIpc) is 2.69. The molecule has 0 fully saturated rings. The molecule has 3 aromatic carbocycles. The Kier molecular flexibility index (Phi) is 5.94. The number of carbonyl (C=O) groups excluding carboxylic acids is 1. The van der Waals surface area contributed by atoms with Gasteiger partial charge in [-0.2, -0.15) is 0 Å². The predicted octanol–water partition coefficient (Wildman–Crippen LogP) is 5.24. The van der Waals surface area contributed by atoms with Crippen LogP contribution in [0.15, 0.2) is 66.7 Å². The van der Waals surface area contributed by atoms with E-state index in [0.29, 0.717) is 21.8 Å². The number of amides is 1. The minimum absolute atomic E-state index is 0.0613. The van der Waals surface area contributed by atoms with Crippen LogP contribution in [0.2, 0.25) is 10.0 Å². The topological polar surface area (TPSA) is 92.5 Å². The van der Waals surface area contributed by atoms with Crippen LogP contribution in [0.4, 0.5) is 11.4 Å². The first-order valence-corrected chi connectivity index (χ1v) is 8.90. The Bertz CT molecular complexity index is 1040. The Morgan fingerprint density at radius 2 is 1.75 bits per heavy atom. The maximum Gasteiger partial charge on any atom is 0.288 e. The van der Waals surface area contributed by atoms with Gasteiger partial charge in [0.2, 0.25) is 0 Å². The molecular formula is C20H14Cl2N2O4. The number of hydrogen-bond donors (Lipinski definition) is 2. The van der Waals surface area contributed by atoms with Gasteiger partial charge in [-0.1, -0.05) is 53.5 Å². The largest absolute Gasteiger partial charge is 0.384 e. The minimum Gasteiger partial charge on any atom is -0.384 e. The minimum atomic E-state index is -1.02. The molecule has 1 unspecified atom stereocenters. The van der Waals surface area contributed by atoms with E-state index in [1.165, 1.54) is 12.1 Å². The standard InChI is InChI=1S/C20H14Cl2N2O4/c21-14-7-9-17(15(11-14)19(25)12-4-2-1-3-5-12)23-20(26)13-6-8-16(22)18(10-13)24(27)28/h1-11,19,25H,(H,23,26).